The van der Waals surface area contributed by atoms with E-state index in [-0.39, 0.29) is 28.6 Å². The Balaban J connectivity index is 1.45. The average molecular weight is 472 g/mol. The molecule has 2 aromatic carbocycles. The number of rotatable bonds is 8. The van der Waals surface area contributed by atoms with Gasteiger partial charge in [-0.3, -0.25) is 4.72 Å². The van der Waals surface area contributed by atoms with Gasteiger partial charge in [0.05, 0.1) is 23.3 Å². The van der Waals surface area contributed by atoms with Gasteiger partial charge in [0.15, 0.2) is 6.61 Å². The molecule has 0 radical (unpaired) electrons. The maximum Gasteiger partial charge on any atom is 0.338 e. The molecule has 4 rings (SSSR count). The second kappa shape index (κ2) is 9.20. The summed E-state index contributed by atoms with van der Waals surface area (Å²) >= 11 is 1.50. The zero-order valence-electron chi connectivity index (χ0n) is 16.7. The number of nitrogens with one attached hydrogen (secondary N) is 1. The monoisotopic (exact) mass is 471 g/mol. The van der Waals surface area contributed by atoms with Gasteiger partial charge in [0.1, 0.15) is 5.75 Å². The van der Waals surface area contributed by atoms with Gasteiger partial charge in [-0.15, -0.1) is 0 Å². The number of thiophene rings is 1. The minimum Gasteiger partial charge on any atom is -0.495 e. The van der Waals surface area contributed by atoms with Crippen LogP contribution in [0.25, 0.3) is 11.4 Å². The van der Waals surface area contributed by atoms with Crippen LogP contribution >= 0.6 is 11.3 Å². The number of carbonyl (C=O) groups is 1. The van der Waals surface area contributed by atoms with Crippen LogP contribution in [0.3, 0.4) is 0 Å². The third-order valence-corrected chi connectivity index (χ3v) is 6.35. The summed E-state index contributed by atoms with van der Waals surface area (Å²) in [6, 6.07) is 14.0. The molecule has 0 atom stereocenters. The molecule has 2 aromatic heterocycles. The molecule has 0 aliphatic heterocycles. The van der Waals surface area contributed by atoms with Crippen LogP contribution < -0.4 is 9.46 Å². The van der Waals surface area contributed by atoms with E-state index >= 15 is 0 Å². The van der Waals surface area contributed by atoms with E-state index < -0.39 is 16.0 Å². The smallest absolute Gasteiger partial charge is 0.338 e. The Hall–Kier alpha value is -3.70. The lowest BCUT2D eigenvalue weighted by Gasteiger charge is -2.12. The number of ether oxygens (including phenoxy) is 2. The van der Waals surface area contributed by atoms with Gasteiger partial charge in [0.2, 0.25) is 5.82 Å². The molecule has 32 heavy (non-hydrogen) atoms. The topological polar surface area (TPSA) is 121 Å². The number of hydrogen-bond acceptors (Lipinski definition) is 9. The van der Waals surface area contributed by atoms with E-state index in [1.165, 1.54) is 42.7 Å². The molecule has 2 heterocycles. The van der Waals surface area contributed by atoms with Gasteiger partial charge in [0.25, 0.3) is 15.9 Å². The quantitative estimate of drug-likeness (QED) is 0.383. The van der Waals surface area contributed by atoms with Crippen LogP contribution in [-0.4, -0.2) is 31.6 Å². The Morgan fingerprint density at radius 1 is 1.16 bits per heavy atom. The lowest BCUT2D eigenvalue weighted by Crippen LogP contribution is -2.15. The van der Waals surface area contributed by atoms with Crippen molar-refractivity contribution in [2.24, 2.45) is 0 Å². The molecule has 0 aliphatic rings. The van der Waals surface area contributed by atoms with Crippen molar-refractivity contribution in [2.75, 3.05) is 11.8 Å². The zero-order chi connectivity index (χ0) is 22.6. The summed E-state index contributed by atoms with van der Waals surface area (Å²) in [5, 5.41) is 7.59. The first-order valence-electron chi connectivity index (χ1n) is 9.24. The van der Waals surface area contributed by atoms with Crippen LogP contribution in [0, 0.1) is 0 Å². The summed E-state index contributed by atoms with van der Waals surface area (Å²) in [6.45, 7) is -0.244. The van der Waals surface area contributed by atoms with Crippen molar-refractivity contribution in [1.82, 2.24) is 10.1 Å². The number of sulfonamides is 1. The van der Waals surface area contributed by atoms with Gasteiger partial charge < -0.3 is 14.0 Å². The lowest BCUT2D eigenvalue weighted by molar-refractivity contribution is 0.0429. The van der Waals surface area contributed by atoms with E-state index in [0.717, 1.165) is 5.56 Å². The molecule has 0 saturated carbocycles. The van der Waals surface area contributed by atoms with E-state index in [1.54, 1.807) is 24.3 Å². The number of carbonyl (C=O) groups excluding carboxylic acids is 1. The Morgan fingerprint density at radius 3 is 2.78 bits per heavy atom. The van der Waals surface area contributed by atoms with Crippen molar-refractivity contribution >= 4 is 33.0 Å². The Kier molecular flexibility index (Phi) is 6.19. The summed E-state index contributed by atoms with van der Waals surface area (Å²) in [6.07, 6.45) is 0. The number of esters is 1. The molecule has 0 saturated heterocycles. The third-order valence-electron chi connectivity index (χ3n) is 4.31. The fraction of sp³-hybridized carbons (Fsp3) is 0.0952. The van der Waals surface area contributed by atoms with Crippen molar-refractivity contribution in [3.63, 3.8) is 0 Å². The largest absolute Gasteiger partial charge is 0.495 e. The first-order chi connectivity index (χ1) is 15.5. The highest BCUT2D eigenvalue weighted by atomic mass is 32.2. The predicted octanol–water partition coefficient (Wildman–Crippen LogP) is 3.96. The first kappa shape index (κ1) is 21.5. The standard InChI is InChI=1S/C21H17N3O6S2/c1-28-18-8-3-2-7-17(18)24-32(26,27)16-6-4-5-14(11-16)21(25)29-12-19-22-20(23-30-19)15-9-10-31-13-15/h2-11,13,24H,12H2,1H3. The number of nitrogens with zero attached hydrogens (tertiary/aromatic N) is 2. The number of benzene rings is 2. The second-order valence-electron chi connectivity index (χ2n) is 6.43. The van der Waals surface area contributed by atoms with E-state index in [1.807, 2.05) is 16.8 Å². The average Bonchev–Trinajstić information content (AvgIpc) is 3.50. The molecular formula is C21H17N3O6S2. The summed E-state index contributed by atoms with van der Waals surface area (Å²) in [4.78, 5) is 16.5. The molecule has 11 heteroatoms. The van der Waals surface area contributed by atoms with Gasteiger partial charge in [-0.2, -0.15) is 16.3 Å². The zero-order valence-corrected chi connectivity index (χ0v) is 18.4. The van der Waals surface area contributed by atoms with Crippen LogP contribution in [0.5, 0.6) is 5.75 Å². The van der Waals surface area contributed by atoms with Crippen LogP contribution in [0.15, 0.2) is 74.8 Å². The third kappa shape index (κ3) is 4.79. The van der Waals surface area contributed by atoms with Gasteiger partial charge >= 0.3 is 5.97 Å². The fourth-order valence-corrected chi connectivity index (χ4v) is 4.51. The molecule has 164 valence electrons. The Morgan fingerprint density at radius 2 is 2.00 bits per heavy atom. The number of anilines is 1. The van der Waals surface area contributed by atoms with Gasteiger partial charge in [-0.05, 0) is 41.8 Å². The van der Waals surface area contributed by atoms with E-state index in [4.69, 9.17) is 14.0 Å². The molecule has 0 unspecified atom stereocenters. The Bertz CT molecular complexity index is 1330. The van der Waals surface area contributed by atoms with Gasteiger partial charge in [0, 0.05) is 10.9 Å². The van der Waals surface area contributed by atoms with Crippen LogP contribution in [-0.2, 0) is 21.4 Å². The predicted molar refractivity (Wildman–Crippen MR) is 117 cm³/mol. The summed E-state index contributed by atoms with van der Waals surface area (Å²) in [7, 11) is -2.53. The lowest BCUT2D eigenvalue weighted by atomic mass is 10.2. The maximum atomic E-state index is 12.8. The number of hydrogen-bond donors (Lipinski definition) is 1. The van der Waals surface area contributed by atoms with Crippen molar-refractivity contribution < 1.29 is 27.2 Å². The van der Waals surface area contributed by atoms with Crippen LogP contribution in [0.4, 0.5) is 5.69 Å². The minimum absolute atomic E-state index is 0.0606. The Labute approximate surface area is 187 Å². The van der Waals surface area contributed by atoms with E-state index in [2.05, 4.69) is 14.9 Å². The summed E-state index contributed by atoms with van der Waals surface area (Å²) < 4.78 is 43.5. The molecule has 0 spiro atoms. The van der Waals surface area contributed by atoms with Gasteiger partial charge in [-0.25, -0.2) is 13.2 Å². The molecule has 1 N–H and O–H groups in total. The van der Waals surface area contributed by atoms with Crippen LogP contribution in [0.1, 0.15) is 16.2 Å². The first-order valence-corrected chi connectivity index (χ1v) is 11.7. The molecule has 4 aromatic rings. The molecule has 0 aliphatic carbocycles. The molecular weight excluding hydrogens is 454 g/mol. The maximum absolute atomic E-state index is 12.8. The van der Waals surface area contributed by atoms with Crippen molar-refractivity contribution in [3.8, 4) is 17.1 Å². The molecule has 0 fully saturated rings. The normalized spacial score (nSPS) is 11.2. The highest BCUT2D eigenvalue weighted by molar-refractivity contribution is 7.92. The van der Waals surface area contributed by atoms with Crippen LogP contribution in [0.2, 0.25) is 0 Å². The summed E-state index contributed by atoms with van der Waals surface area (Å²) in [5.74, 6) is 0.164. The molecule has 9 nitrogen and oxygen atoms in total. The number of para-hydroxylation sites is 2. The van der Waals surface area contributed by atoms with Crippen molar-refractivity contribution in [3.05, 3.63) is 76.8 Å². The van der Waals surface area contributed by atoms with E-state index in [9.17, 15) is 13.2 Å². The number of methoxy groups -OCH3 is 1. The van der Waals surface area contributed by atoms with Crippen molar-refractivity contribution in [2.45, 2.75) is 11.5 Å². The highest BCUT2D eigenvalue weighted by Gasteiger charge is 2.19. The fourth-order valence-electron chi connectivity index (χ4n) is 2.76. The second-order valence-corrected chi connectivity index (χ2v) is 8.90. The SMILES string of the molecule is COc1ccccc1NS(=O)(=O)c1cccc(C(=O)OCc2nc(-c3ccsc3)no2)c1. The summed E-state index contributed by atoms with van der Waals surface area (Å²) in [5.41, 5.74) is 1.14. The highest BCUT2D eigenvalue weighted by Crippen LogP contribution is 2.26. The van der Waals surface area contributed by atoms with Crippen molar-refractivity contribution in [1.29, 1.82) is 0 Å². The minimum atomic E-state index is -3.97. The molecule has 0 bridgehead atoms. The number of aromatic nitrogens is 2. The van der Waals surface area contributed by atoms with Gasteiger partial charge in [-0.1, -0.05) is 23.4 Å². The molecule has 0 amide bonds. The van der Waals surface area contributed by atoms with E-state index in [0.29, 0.717) is 11.6 Å².